The summed E-state index contributed by atoms with van der Waals surface area (Å²) in [5.41, 5.74) is 2.67. The number of aliphatic carboxylic acids is 1. The molecule has 0 saturated heterocycles. The second-order valence-corrected chi connectivity index (χ2v) is 4.90. The predicted molar refractivity (Wildman–Crippen MR) is 80.1 cm³/mol. The maximum atomic E-state index is 10.7. The minimum atomic E-state index is -0.897. The van der Waals surface area contributed by atoms with Crippen LogP contribution in [0.15, 0.2) is 46.9 Å². The summed E-state index contributed by atoms with van der Waals surface area (Å²) >= 11 is 6.14. The molecular formula is C15H11ClN2O3. The first-order valence-corrected chi connectivity index (χ1v) is 6.62. The molecule has 5 nitrogen and oxygen atoms in total. The van der Waals surface area contributed by atoms with E-state index < -0.39 is 5.97 Å². The van der Waals surface area contributed by atoms with Gasteiger partial charge in [-0.3, -0.25) is 4.79 Å². The summed E-state index contributed by atoms with van der Waals surface area (Å²) in [4.78, 5) is 15.0. The number of aromatic nitrogens is 1. The number of nitrogens with one attached hydrogen (secondary N) is 1. The number of benzene rings is 2. The lowest BCUT2D eigenvalue weighted by atomic mass is 10.1. The number of para-hydroxylation sites is 2. The van der Waals surface area contributed by atoms with Crippen LogP contribution in [-0.2, 0) is 11.2 Å². The van der Waals surface area contributed by atoms with Gasteiger partial charge in [0, 0.05) is 0 Å². The third kappa shape index (κ3) is 2.98. The van der Waals surface area contributed by atoms with Gasteiger partial charge in [-0.25, -0.2) is 0 Å². The van der Waals surface area contributed by atoms with Crippen molar-refractivity contribution in [3.05, 3.63) is 53.1 Å². The molecule has 3 rings (SSSR count). The van der Waals surface area contributed by atoms with Gasteiger partial charge in [0.15, 0.2) is 5.58 Å². The molecule has 0 saturated carbocycles. The topological polar surface area (TPSA) is 75.4 Å². The molecule has 0 spiro atoms. The van der Waals surface area contributed by atoms with E-state index in [2.05, 4.69) is 10.3 Å². The molecule has 1 aromatic heterocycles. The van der Waals surface area contributed by atoms with Gasteiger partial charge in [-0.15, -0.1) is 0 Å². The van der Waals surface area contributed by atoms with E-state index in [-0.39, 0.29) is 6.42 Å². The number of carboxylic acids is 1. The molecule has 106 valence electrons. The fourth-order valence-corrected chi connectivity index (χ4v) is 2.24. The molecule has 2 N–H and O–H groups in total. The highest BCUT2D eigenvalue weighted by Crippen LogP contribution is 2.28. The normalized spacial score (nSPS) is 10.7. The maximum Gasteiger partial charge on any atom is 0.307 e. The van der Waals surface area contributed by atoms with Crippen LogP contribution in [0.2, 0.25) is 5.02 Å². The number of carbonyl (C=O) groups is 1. The fourth-order valence-electron chi connectivity index (χ4n) is 1.99. The first-order valence-electron chi connectivity index (χ1n) is 6.24. The highest BCUT2D eigenvalue weighted by molar-refractivity contribution is 6.33. The molecule has 0 bridgehead atoms. The van der Waals surface area contributed by atoms with Gasteiger partial charge in [0.05, 0.1) is 17.1 Å². The number of halogens is 1. The van der Waals surface area contributed by atoms with Gasteiger partial charge in [0.25, 0.3) is 6.01 Å². The standard InChI is InChI=1S/C15H11ClN2O3/c16-10-7-9(8-14(19)20)5-6-11(10)17-15-18-12-3-1-2-4-13(12)21-15/h1-7H,8H2,(H,17,18)(H,19,20). The zero-order valence-electron chi connectivity index (χ0n) is 10.8. The van der Waals surface area contributed by atoms with Crippen LogP contribution in [0.3, 0.4) is 0 Å². The lowest BCUT2D eigenvalue weighted by Crippen LogP contribution is -2.00. The molecule has 0 aliphatic rings. The lowest BCUT2D eigenvalue weighted by Gasteiger charge is -2.06. The number of carboxylic acid groups (broad SMARTS) is 1. The molecular weight excluding hydrogens is 292 g/mol. The predicted octanol–water partition coefficient (Wildman–Crippen LogP) is 3.85. The largest absolute Gasteiger partial charge is 0.481 e. The van der Waals surface area contributed by atoms with Gasteiger partial charge < -0.3 is 14.8 Å². The van der Waals surface area contributed by atoms with Gasteiger partial charge >= 0.3 is 5.97 Å². The summed E-state index contributed by atoms with van der Waals surface area (Å²) < 4.78 is 5.55. The highest BCUT2D eigenvalue weighted by Gasteiger charge is 2.09. The molecule has 1 heterocycles. The van der Waals surface area contributed by atoms with Crippen molar-refractivity contribution >= 4 is 40.4 Å². The van der Waals surface area contributed by atoms with Crippen LogP contribution >= 0.6 is 11.6 Å². The Hall–Kier alpha value is -2.53. The minimum absolute atomic E-state index is 0.0666. The Morgan fingerprint density at radius 2 is 2.10 bits per heavy atom. The number of hydrogen-bond donors (Lipinski definition) is 2. The Kier molecular flexibility index (Phi) is 3.50. The van der Waals surface area contributed by atoms with E-state index in [1.807, 2.05) is 24.3 Å². The van der Waals surface area contributed by atoms with E-state index in [4.69, 9.17) is 21.1 Å². The number of oxazole rings is 1. The summed E-state index contributed by atoms with van der Waals surface area (Å²) in [6.07, 6.45) is -0.0666. The van der Waals surface area contributed by atoms with Crippen molar-refractivity contribution < 1.29 is 14.3 Å². The fraction of sp³-hybridized carbons (Fsp3) is 0.0667. The summed E-state index contributed by atoms with van der Waals surface area (Å²) in [7, 11) is 0. The Bertz CT molecular complexity index is 781. The summed E-state index contributed by atoms with van der Waals surface area (Å²) in [6.45, 7) is 0. The van der Waals surface area contributed by atoms with E-state index in [0.717, 1.165) is 5.52 Å². The van der Waals surface area contributed by atoms with Crippen molar-refractivity contribution in [2.24, 2.45) is 0 Å². The van der Waals surface area contributed by atoms with Crippen molar-refractivity contribution in [3.8, 4) is 0 Å². The monoisotopic (exact) mass is 302 g/mol. The average molecular weight is 303 g/mol. The molecule has 6 heteroatoms. The SMILES string of the molecule is O=C(O)Cc1ccc(Nc2nc3ccccc3o2)c(Cl)c1. The highest BCUT2D eigenvalue weighted by atomic mass is 35.5. The van der Waals surface area contributed by atoms with Gasteiger partial charge in [0.1, 0.15) is 5.52 Å². The van der Waals surface area contributed by atoms with Crippen LogP contribution in [-0.4, -0.2) is 16.1 Å². The van der Waals surface area contributed by atoms with E-state index >= 15 is 0 Å². The molecule has 0 aliphatic heterocycles. The van der Waals surface area contributed by atoms with Gasteiger partial charge in [-0.2, -0.15) is 4.98 Å². The molecule has 0 atom stereocenters. The Morgan fingerprint density at radius 1 is 1.29 bits per heavy atom. The molecule has 0 fully saturated rings. The molecule has 0 aliphatic carbocycles. The number of nitrogens with zero attached hydrogens (tertiary/aromatic N) is 1. The quantitative estimate of drug-likeness (QED) is 0.765. The molecule has 0 amide bonds. The van der Waals surface area contributed by atoms with Crippen molar-refractivity contribution in [3.63, 3.8) is 0 Å². The smallest absolute Gasteiger partial charge is 0.307 e. The Labute approximate surface area is 125 Å². The van der Waals surface area contributed by atoms with Crippen LogP contribution in [0, 0.1) is 0 Å². The van der Waals surface area contributed by atoms with Crippen LogP contribution in [0.25, 0.3) is 11.1 Å². The Morgan fingerprint density at radius 3 is 2.81 bits per heavy atom. The summed E-state index contributed by atoms with van der Waals surface area (Å²) in [5, 5.41) is 12.2. The van der Waals surface area contributed by atoms with E-state index in [1.54, 1.807) is 18.2 Å². The third-order valence-electron chi connectivity index (χ3n) is 2.92. The molecule has 0 unspecified atom stereocenters. The van der Waals surface area contributed by atoms with Gasteiger partial charge in [-0.05, 0) is 29.8 Å². The average Bonchev–Trinajstić information content (AvgIpc) is 2.83. The minimum Gasteiger partial charge on any atom is -0.481 e. The van der Waals surface area contributed by atoms with Crippen LogP contribution in [0.5, 0.6) is 0 Å². The first kappa shape index (κ1) is 13.5. The number of hydrogen-bond acceptors (Lipinski definition) is 4. The zero-order valence-corrected chi connectivity index (χ0v) is 11.6. The molecule has 3 aromatic rings. The number of fused-ring (bicyclic) bond motifs is 1. The Balaban J connectivity index is 1.85. The third-order valence-corrected chi connectivity index (χ3v) is 3.24. The molecule has 21 heavy (non-hydrogen) atoms. The van der Waals surface area contributed by atoms with E-state index in [9.17, 15) is 4.79 Å². The van der Waals surface area contributed by atoms with Gasteiger partial charge in [0.2, 0.25) is 0 Å². The van der Waals surface area contributed by atoms with Crippen molar-refractivity contribution in [1.29, 1.82) is 0 Å². The van der Waals surface area contributed by atoms with Crippen LogP contribution in [0.4, 0.5) is 11.7 Å². The summed E-state index contributed by atoms with van der Waals surface area (Å²) in [6, 6.07) is 12.8. The van der Waals surface area contributed by atoms with Crippen LogP contribution < -0.4 is 5.32 Å². The van der Waals surface area contributed by atoms with Gasteiger partial charge in [-0.1, -0.05) is 29.8 Å². The van der Waals surface area contributed by atoms with Crippen LogP contribution in [0.1, 0.15) is 5.56 Å². The lowest BCUT2D eigenvalue weighted by molar-refractivity contribution is -0.136. The number of anilines is 2. The second kappa shape index (κ2) is 5.46. The summed E-state index contributed by atoms with van der Waals surface area (Å²) in [5.74, 6) is -0.897. The van der Waals surface area contributed by atoms with E-state index in [0.29, 0.717) is 27.9 Å². The van der Waals surface area contributed by atoms with Crippen molar-refractivity contribution in [2.45, 2.75) is 6.42 Å². The van der Waals surface area contributed by atoms with Crippen molar-refractivity contribution in [1.82, 2.24) is 4.98 Å². The van der Waals surface area contributed by atoms with E-state index in [1.165, 1.54) is 0 Å². The second-order valence-electron chi connectivity index (χ2n) is 4.50. The zero-order chi connectivity index (χ0) is 14.8. The maximum absolute atomic E-state index is 10.7. The number of rotatable bonds is 4. The molecule has 0 radical (unpaired) electrons. The van der Waals surface area contributed by atoms with Crippen molar-refractivity contribution in [2.75, 3.05) is 5.32 Å². The first-order chi connectivity index (χ1) is 10.1. The molecule has 2 aromatic carbocycles.